The molecule has 0 saturated carbocycles. The van der Waals surface area contributed by atoms with Gasteiger partial charge in [0.2, 0.25) is 0 Å². The monoisotopic (exact) mass is 155 g/mol. The van der Waals surface area contributed by atoms with Crippen LogP contribution in [0.1, 0.15) is 5.56 Å². The predicted octanol–water partition coefficient (Wildman–Crippen LogP) is 2.42. The van der Waals surface area contributed by atoms with Crippen LogP contribution in [0.2, 0.25) is 5.02 Å². The highest BCUT2D eigenvalue weighted by molar-refractivity contribution is 6.31. The molecule has 0 spiro atoms. The van der Waals surface area contributed by atoms with Crippen LogP contribution < -0.4 is 0 Å². The summed E-state index contributed by atoms with van der Waals surface area (Å²) >= 11 is 5.73. The number of phenolic OH excluding ortho intramolecular Hbond substituents is 1. The van der Waals surface area contributed by atoms with E-state index in [4.69, 9.17) is 16.7 Å². The van der Waals surface area contributed by atoms with E-state index in [1.165, 1.54) is 6.07 Å². The van der Waals surface area contributed by atoms with Gasteiger partial charge in [0, 0.05) is 5.02 Å². The molecule has 0 aliphatic carbocycles. The average Bonchev–Trinajstić information content (AvgIpc) is 1.88. The van der Waals surface area contributed by atoms with Gasteiger partial charge in [-0.25, -0.2) is 0 Å². The van der Waals surface area contributed by atoms with Crippen molar-refractivity contribution in [3.05, 3.63) is 35.7 Å². The normalized spacial score (nSPS) is 9.80. The van der Waals surface area contributed by atoms with E-state index < -0.39 is 0 Å². The van der Waals surface area contributed by atoms with Gasteiger partial charge < -0.3 is 5.11 Å². The van der Waals surface area contributed by atoms with E-state index in [-0.39, 0.29) is 5.75 Å². The summed E-state index contributed by atoms with van der Waals surface area (Å²) in [5, 5.41) is 9.51. The molecule has 53 valence electrons. The smallest absolute Gasteiger partial charge is 0.117 e. The molecule has 1 rings (SSSR count). The van der Waals surface area contributed by atoms with Crippen molar-refractivity contribution in [3.8, 4) is 5.75 Å². The Bertz CT molecular complexity index is 233. The summed E-state index contributed by atoms with van der Waals surface area (Å²) in [6.07, 6.45) is 0.652. The third-order valence-corrected chi connectivity index (χ3v) is 1.66. The van der Waals surface area contributed by atoms with Crippen LogP contribution in [0.3, 0.4) is 0 Å². The number of rotatable bonds is 1. The van der Waals surface area contributed by atoms with Gasteiger partial charge in [0.1, 0.15) is 5.75 Å². The molecule has 1 aromatic carbocycles. The van der Waals surface area contributed by atoms with Crippen LogP contribution in [0, 0.1) is 6.92 Å². The zero-order chi connectivity index (χ0) is 7.56. The standard InChI is InChI=1S/C8H8ClO/c1-2-6-3-4-7(10)5-8(6)9/h3-5,10H,1-2H2. The molecule has 0 bridgehead atoms. The zero-order valence-corrected chi connectivity index (χ0v) is 6.23. The summed E-state index contributed by atoms with van der Waals surface area (Å²) in [5.74, 6) is 0.196. The minimum Gasteiger partial charge on any atom is -0.508 e. The quantitative estimate of drug-likeness (QED) is 0.661. The Hall–Kier alpha value is -0.690. The van der Waals surface area contributed by atoms with Crippen molar-refractivity contribution in [1.29, 1.82) is 0 Å². The van der Waals surface area contributed by atoms with Gasteiger partial charge in [-0.2, -0.15) is 0 Å². The third kappa shape index (κ3) is 1.42. The minimum absolute atomic E-state index is 0.196. The van der Waals surface area contributed by atoms with E-state index >= 15 is 0 Å². The Labute approximate surface area is 65.3 Å². The molecule has 0 aliphatic heterocycles. The number of phenols is 1. The molecule has 0 atom stereocenters. The fourth-order valence-electron chi connectivity index (χ4n) is 0.739. The van der Waals surface area contributed by atoms with E-state index in [9.17, 15) is 0 Å². The number of halogens is 1. The Balaban J connectivity index is 3.07. The van der Waals surface area contributed by atoms with E-state index in [1.807, 2.05) is 0 Å². The van der Waals surface area contributed by atoms with Crippen molar-refractivity contribution in [2.24, 2.45) is 0 Å². The molecule has 1 aromatic rings. The summed E-state index contributed by atoms with van der Waals surface area (Å²) in [4.78, 5) is 0. The lowest BCUT2D eigenvalue weighted by atomic mass is 10.2. The minimum atomic E-state index is 0.196. The maximum absolute atomic E-state index is 8.93. The maximum atomic E-state index is 8.93. The first-order valence-electron chi connectivity index (χ1n) is 3.00. The van der Waals surface area contributed by atoms with E-state index in [2.05, 4.69) is 6.92 Å². The van der Waals surface area contributed by atoms with Gasteiger partial charge in [0.05, 0.1) is 0 Å². The van der Waals surface area contributed by atoms with Gasteiger partial charge in [-0.3, -0.25) is 0 Å². The first kappa shape index (κ1) is 7.42. The van der Waals surface area contributed by atoms with Gasteiger partial charge in [-0.15, -0.1) is 0 Å². The Kier molecular flexibility index (Phi) is 2.17. The lowest BCUT2D eigenvalue weighted by Crippen LogP contribution is -1.80. The number of hydrogen-bond donors (Lipinski definition) is 1. The van der Waals surface area contributed by atoms with Crippen molar-refractivity contribution < 1.29 is 5.11 Å². The number of aromatic hydroxyl groups is 1. The molecular formula is C8H8ClO. The van der Waals surface area contributed by atoms with Crippen LogP contribution >= 0.6 is 11.6 Å². The van der Waals surface area contributed by atoms with Gasteiger partial charge in [0.25, 0.3) is 0 Å². The van der Waals surface area contributed by atoms with Crippen molar-refractivity contribution in [2.45, 2.75) is 6.42 Å². The van der Waals surface area contributed by atoms with E-state index in [1.54, 1.807) is 12.1 Å². The second kappa shape index (κ2) is 2.93. The summed E-state index contributed by atoms with van der Waals surface area (Å²) in [7, 11) is 0. The molecular weight excluding hydrogens is 148 g/mol. The summed E-state index contributed by atoms with van der Waals surface area (Å²) in [6, 6.07) is 4.89. The molecule has 10 heavy (non-hydrogen) atoms. The van der Waals surface area contributed by atoms with Gasteiger partial charge in [0.15, 0.2) is 0 Å². The van der Waals surface area contributed by atoms with Crippen molar-refractivity contribution >= 4 is 11.6 Å². The van der Waals surface area contributed by atoms with E-state index in [0.717, 1.165) is 5.56 Å². The predicted molar refractivity (Wildman–Crippen MR) is 42.2 cm³/mol. The summed E-state index contributed by atoms with van der Waals surface area (Å²) < 4.78 is 0. The second-order valence-corrected chi connectivity index (χ2v) is 2.43. The van der Waals surface area contributed by atoms with Crippen LogP contribution in [0.15, 0.2) is 18.2 Å². The average molecular weight is 156 g/mol. The molecule has 0 amide bonds. The molecule has 0 aliphatic rings. The van der Waals surface area contributed by atoms with Crippen LogP contribution in [0.4, 0.5) is 0 Å². The number of benzene rings is 1. The lowest BCUT2D eigenvalue weighted by molar-refractivity contribution is 0.475. The molecule has 0 saturated heterocycles. The zero-order valence-electron chi connectivity index (χ0n) is 5.47. The Morgan fingerprint density at radius 3 is 2.70 bits per heavy atom. The molecule has 2 heteroatoms. The van der Waals surface area contributed by atoms with Crippen molar-refractivity contribution in [2.75, 3.05) is 0 Å². The highest BCUT2D eigenvalue weighted by Gasteiger charge is 1.96. The highest BCUT2D eigenvalue weighted by atomic mass is 35.5. The molecule has 1 nitrogen and oxygen atoms in total. The van der Waals surface area contributed by atoms with Crippen LogP contribution in [0.5, 0.6) is 5.75 Å². The number of hydrogen-bond acceptors (Lipinski definition) is 1. The fourth-order valence-corrected chi connectivity index (χ4v) is 1.01. The topological polar surface area (TPSA) is 20.2 Å². The highest BCUT2D eigenvalue weighted by Crippen LogP contribution is 2.21. The molecule has 1 radical (unpaired) electrons. The summed E-state index contributed by atoms with van der Waals surface area (Å²) in [5.41, 5.74) is 0.958. The van der Waals surface area contributed by atoms with Crippen LogP contribution in [0.25, 0.3) is 0 Å². The first-order valence-corrected chi connectivity index (χ1v) is 3.38. The maximum Gasteiger partial charge on any atom is 0.117 e. The molecule has 0 aromatic heterocycles. The Morgan fingerprint density at radius 1 is 1.50 bits per heavy atom. The van der Waals surface area contributed by atoms with Crippen molar-refractivity contribution in [3.63, 3.8) is 0 Å². The van der Waals surface area contributed by atoms with Crippen molar-refractivity contribution in [1.82, 2.24) is 0 Å². The van der Waals surface area contributed by atoms with Gasteiger partial charge in [-0.05, 0) is 31.0 Å². The van der Waals surface area contributed by atoms with Crippen LogP contribution in [-0.4, -0.2) is 5.11 Å². The fraction of sp³-hybridized carbons (Fsp3) is 0.125. The van der Waals surface area contributed by atoms with Gasteiger partial charge in [-0.1, -0.05) is 17.7 Å². The largest absolute Gasteiger partial charge is 0.508 e. The first-order chi connectivity index (χ1) is 4.74. The molecule has 1 N–H and O–H groups in total. The molecule has 0 fully saturated rings. The SMILES string of the molecule is [CH2]Cc1ccc(O)cc1Cl. The molecule has 0 heterocycles. The molecule has 0 unspecified atom stereocenters. The second-order valence-electron chi connectivity index (χ2n) is 2.03. The third-order valence-electron chi connectivity index (χ3n) is 1.31. The lowest BCUT2D eigenvalue weighted by Gasteiger charge is -1.99. The summed E-state index contributed by atoms with van der Waals surface area (Å²) in [6.45, 7) is 3.68. The van der Waals surface area contributed by atoms with E-state index in [0.29, 0.717) is 11.4 Å². The Morgan fingerprint density at radius 2 is 2.20 bits per heavy atom. The van der Waals surface area contributed by atoms with Gasteiger partial charge >= 0.3 is 0 Å². The van der Waals surface area contributed by atoms with Crippen LogP contribution in [-0.2, 0) is 6.42 Å².